The second kappa shape index (κ2) is 9.30. The smallest absolute Gasteiger partial charge is 0.248 e. The van der Waals surface area contributed by atoms with Crippen LogP contribution in [0.15, 0.2) is 65.3 Å². The molecule has 0 atom stereocenters. The Labute approximate surface area is 200 Å². The summed E-state index contributed by atoms with van der Waals surface area (Å²) in [6.45, 7) is 3.71. The summed E-state index contributed by atoms with van der Waals surface area (Å²) in [5.41, 5.74) is 4.94. The highest BCUT2D eigenvalue weighted by Gasteiger charge is 2.19. The largest absolute Gasteiger partial charge is 0.496 e. The van der Waals surface area contributed by atoms with Crippen LogP contribution in [0.3, 0.4) is 0 Å². The van der Waals surface area contributed by atoms with Crippen LogP contribution in [-0.2, 0) is 4.79 Å². The van der Waals surface area contributed by atoms with Crippen molar-refractivity contribution in [1.82, 2.24) is 0 Å². The first kappa shape index (κ1) is 22.9. The fourth-order valence-corrected chi connectivity index (χ4v) is 4.10. The van der Waals surface area contributed by atoms with Crippen LogP contribution in [0, 0.1) is 12.7 Å². The lowest BCUT2D eigenvalue weighted by atomic mass is 9.96. The van der Waals surface area contributed by atoms with Gasteiger partial charge in [0.05, 0.1) is 24.1 Å². The molecule has 0 aliphatic heterocycles. The lowest BCUT2D eigenvalue weighted by molar-refractivity contribution is -0.111. The SMILES string of the molecule is COc1c(/C(C)=C/C(=O)Nc2cc(Cl)ccc2Cl)cc2c(-c3ccc(F)cc3)coc2c1C. The number of ether oxygens (including phenoxy) is 1. The number of benzene rings is 3. The highest BCUT2D eigenvalue weighted by molar-refractivity contribution is 6.35. The van der Waals surface area contributed by atoms with Crippen molar-refractivity contribution in [2.45, 2.75) is 13.8 Å². The molecule has 4 rings (SSSR count). The summed E-state index contributed by atoms with van der Waals surface area (Å²) in [6, 6.07) is 13.0. The Hall–Kier alpha value is -3.28. The molecule has 0 fully saturated rings. The number of methoxy groups -OCH3 is 1. The molecule has 1 N–H and O–H groups in total. The number of carbonyl (C=O) groups excluding carboxylic acids is 1. The first-order valence-electron chi connectivity index (χ1n) is 10.1. The molecular formula is C26H20Cl2FNO3. The summed E-state index contributed by atoms with van der Waals surface area (Å²) in [5.74, 6) is -0.0676. The Morgan fingerprint density at radius 1 is 1.12 bits per heavy atom. The van der Waals surface area contributed by atoms with Crippen molar-refractivity contribution in [3.63, 3.8) is 0 Å². The minimum Gasteiger partial charge on any atom is -0.496 e. The van der Waals surface area contributed by atoms with Crippen LogP contribution in [-0.4, -0.2) is 13.0 Å². The van der Waals surface area contributed by atoms with Gasteiger partial charge in [-0.2, -0.15) is 0 Å². The Balaban J connectivity index is 1.76. The van der Waals surface area contributed by atoms with Crippen LogP contribution in [0.1, 0.15) is 18.1 Å². The van der Waals surface area contributed by atoms with Crippen molar-refractivity contribution in [2.75, 3.05) is 12.4 Å². The van der Waals surface area contributed by atoms with E-state index in [0.29, 0.717) is 32.6 Å². The van der Waals surface area contributed by atoms with Gasteiger partial charge in [0.15, 0.2) is 0 Å². The lowest BCUT2D eigenvalue weighted by Gasteiger charge is -2.13. The number of allylic oxidation sites excluding steroid dienone is 1. The zero-order chi connectivity index (χ0) is 23.7. The van der Waals surface area contributed by atoms with Gasteiger partial charge in [-0.15, -0.1) is 0 Å². The van der Waals surface area contributed by atoms with Crippen LogP contribution in [0.4, 0.5) is 10.1 Å². The van der Waals surface area contributed by atoms with Gasteiger partial charge in [0.25, 0.3) is 0 Å². The number of halogens is 3. The number of hydrogen-bond donors (Lipinski definition) is 1. The van der Waals surface area contributed by atoms with E-state index in [1.165, 1.54) is 18.2 Å². The average Bonchev–Trinajstić information content (AvgIpc) is 3.21. The van der Waals surface area contributed by atoms with Gasteiger partial charge in [0.2, 0.25) is 5.91 Å². The minimum absolute atomic E-state index is 0.310. The molecule has 0 aliphatic carbocycles. The molecule has 0 saturated heterocycles. The second-order valence-electron chi connectivity index (χ2n) is 7.56. The van der Waals surface area contributed by atoms with E-state index in [9.17, 15) is 9.18 Å². The van der Waals surface area contributed by atoms with Gasteiger partial charge in [-0.05, 0) is 61.4 Å². The van der Waals surface area contributed by atoms with E-state index in [1.54, 1.807) is 43.7 Å². The van der Waals surface area contributed by atoms with E-state index in [4.69, 9.17) is 32.4 Å². The third kappa shape index (κ3) is 4.61. The van der Waals surface area contributed by atoms with E-state index in [-0.39, 0.29) is 11.7 Å². The highest BCUT2D eigenvalue weighted by atomic mass is 35.5. The van der Waals surface area contributed by atoms with Gasteiger partial charge in [-0.25, -0.2) is 4.39 Å². The number of furan rings is 1. The van der Waals surface area contributed by atoms with Crippen LogP contribution in [0.25, 0.3) is 27.7 Å². The zero-order valence-corrected chi connectivity index (χ0v) is 19.6. The molecule has 1 aromatic heterocycles. The second-order valence-corrected chi connectivity index (χ2v) is 8.40. The van der Waals surface area contributed by atoms with E-state index in [2.05, 4.69) is 5.32 Å². The van der Waals surface area contributed by atoms with Gasteiger partial charge in [-0.3, -0.25) is 4.79 Å². The van der Waals surface area contributed by atoms with Crippen molar-refractivity contribution in [3.8, 4) is 16.9 Å². The molecule has 1 amide bonds. The molecule has 4 aromatic rings. The maximum Gasteiger partial charge on any atom is 0.248 e. The molecular weight excluding hydrogens is 464 g/mol. The summed E-state index contributed by atoms with van der Waals surface area (Å²) in [6.07, 6.45) is 3.11. The summed E-state index contributed by atoms with van der Waals surface area (Å²) < 4.78 is 24.9. The molecule has 0 aliphatic rings. The monoisotopic (exact) mass is 483 g/mol. The third-order valence-electron chi connectivity index (χ3n) is 5.36. The molecule has 3 aromatic carbocycles. The third-order valence-corrected chi connectivity index (χ3v) is 5.93. The van der Waals surface area contributed by atoms with Crippen LogP contribution >= 0.6 is 23.2 Å². The van der Waals surface area contributed by atoms with Gasteiger partial charge >= 0.3 is 0 Å². The fraction of sp³-hybridized carbons (Fsp3) is 0.115. The van der Waals surface area contributed by atoms with Gasteiger partial charge in [-0.1, -0.05) is 35.3 Å². The number of aryl methyl sites for hydroxylation is 1. The lowest BCUT2D eigenvalue weighted by Crippen LogP contribution is -2.09. The topological polar surface area (TPSA) is 51.5 Å². The minimum atomic E-state index is -0.359. The van der Waals surface area contributed by atoms with Crippen LogP contribution in [0.5, 0.6) is 5.75 Å². The Bertz CT molecular complexity index is 1390. The first-order valence-corrected chi connectivity index (χ1v) is 10.8. The van der Waals surface area contributed by atoms with Gasteiger partial charge in [0, 0.05) is 33.2 Å². The number of fused-ring (bicyclic) bond motifs is 1. The standard InChI is InChI=1S/C26H20Cl2FNO3/c1-14(10-24(31)30-23-11-17(27)6-9-22(23)28)19-12-20-21(16-4-7-18(29)8-5-16)13-33-26(20)15(2)25(19)32-3/h4-13H,1-3H3,(H,30,31)/b14-10+. The average molecular weight is 484 g/mol. The summed E-state index contributed by atoms with van der Waals surface area (Å²) in [4.78, 5) is 12.7. The van der Waals surface area contributed by atoms with Crippen molar-refractivity contribution < 1.29 is 18.3 Å². The van der Waals surface area contributed by atoms with E-state index < -0.39 is 0 Å². The number of rotatable bonds is 5. The van der Waals surface area contributed by atoms with Gasteiger partial charge in [0.1, 0.15) is 17.1 Å². The maximum absolute atomic E-state index is 13.4. The predicted molar refractivity (Wildman–Crippen MR) is 132 cm³/mol. The Kier molecular flexibility index (Phi) is 6.45. The quantitative estimate of drug-likeness (QED) is 0.293. The molecule has 0 saturated carbocycles. The molecule has 0 radical (unpaired) electrons. The molecule has 0 bridgehead atoms. The maximum atomic E-state index is 13.4. The Morgan fingerprint density at radius 3 is 2.55 bits per heavy atom. The molecule has 33 heavy (non-hydrogen) atoms. The molecule has 0 unspecified atom stereocenters. The fourth-order valence-electron chi connectivity index (χ4n) is 3.76. The molecule has 0 spiro atoms. The van der Waals surface area contributed by atoms with E-state index >= 15 is 0 Å². The predicted octanol–water partition coefficient (Wildman–Crippen LogP) is 7.90. The zero-order valence-electron chi connectivity index (χ0n) is 18.1. The van der Waals surface area contributed by atoms with Crippen molar-refractivity contribution in [3.05, 3.63) is 87.9 Å². The first-order chi connectivity index (χ1) is 15.8. The molecule has 4 nitrogen and oxygen atoms in total. The van der Waals surface area contributed by atoms with Crippen molar-refractivity contribution in [2.24, 2.45) is 0 Å². The Morgan fingerprint density at radius 2 is 1.85 bits per heavy atom. The molecule has 1 heterocycles. The van der Waals surface area contributed by atoms with Crippen molar-refractivity contribution >= 4 is 51.3 Å². The van der Waals surface area contributed by atoms with E-state index in [1.807, 2.05) is 19.9 Å². The summed E-state index contributed by atoms with van der Waals surface area (Å²) in [7, 11) is 1.57. The molecule has 168 valence electrons. The van der Waals surface area contributed by atoms with Crippen molar-refractivity contribution in [1.29, 1.82) is 0 Å². The summed E-state index contributed by atoms with van der Waals surface area (Å²) >= 11 is 12.2. The van der Waals surface area contributed by atoms with Gasteiger partial charge < -0.3 is 14.5 Å². The highest BCUT2D eigenvalue weighted by Crippen LogP contribution is 2.40. The normalized spacial score (nSPS) is 11.6. The number of carbonyl (C=O) groups is 1. The summed E-state index contributed by atoms with van der Waals surface area (Å²) in [5, 5.41) is 4.44. The molecule has 7 heteroatoms. The number of anilines is 1. The van der Waals surface area contributed by atoms with Crippen LogP contribution in [0.2, 0.25) is 10.0 Å². The number of hydrogen-bond acceptors (Lipinski definition) is 3. The number of amides is 1. The number of nitrogens with one attached hydrogen (secondary N) is 1. The van der Waals surface area contributed by atoms with E-state index in [0.717, 1.165) is 27.6 Å². The van der Waals surface area contributed by atoms with Crippen LogP contribution < -0.4 is 10.1 Å².